The first-order valence-electron chi connectivity index (χ1n) is 17.2. The minimum Gasteiger partial charge on any atom is -0.497 e. The quantitative estimate of drug-likeness (QED) is 0.148. The number of aliphatic hydroxyl groups excluding tert-OH is 1. The highest BCUT2D eigenvalue weighted by Crippen LogP contribution is 2.40. The maximum atomic E-state index is 13.5. The molecule has 2 aromatic carbocycles. The van der Waals surface area contributed by atoms with Gasteiger partial charge in [0.2, 0.25) is 0 Å². The molecule has 1 saturated carbocycles. The molecular weight excluding hydrogens is 598 g/mol. The van der Waals surface area contributed by atoms with Crippen LogP contribution in [-0.4, -0.2) is 86.6 Å². The van der Waals surface area contributed by atoms with Gasteiger partial charge in [0, 0.05) is 51.9 Å². The van der Waals surface area contributed by atoms with Gasteiger partial charge in [-0.1, -0.05) is 62.4 Å². The van der Waals surface area contributed by atoms with Gasteiger partial charge in [0.1, 0.15) is 11.5 Å². The number of ether oxygens (including phenoxy) is 3. The van der Waals surface area contributed by atoms with E-state index in [0.717, 1.165) is 49.7 Å². The zero-order valence-electron chi connectivity index (χ0n) is 28.4. The predicted molar refractivity (Wildman–Crippen MR) is 181 cm³/mol. The van der Waals surface area contributed by atoms with E-state index in [2.05, 4.69) is 10.6 Å². The fraction of sp³-hybridized carbons (Fsp3) is 0.622. The summed E-state index contributed by atoms with van der Waals surface area (Å²) in [6.07, 6.45) is 8.09. The SMILES string of the molecule is COCCCC[C@@](O)(c1ccccc1)[C@@H]1CCN(C(=O)C(=O)N[C@@H](CC2CCCCC2)[C@H](O)CNCc2cc(OC)cc(OC)c2)C1. The maximum absolute atomic E-state index is 13.5. The second-order valence-corrected chi connectivity index (χ2v) is 13.2. The molecule has 1 aliphatic carbocycles. The zero-order chi connectivity index (χ0) is 33.6. The lowest BCUT2D eigenvalue weighted by Gasteiger charge is -2.35. The number of amides is 2. The molecule has 1 aliphatic heterocycles. The van der Waals surface area contributed by atoms with Crippen LogP contribution in [0.2, 0.25) is 0 Å². The van der Waals surface area contributed by atoms with Crippen molar-refractivity contribution in [1.29, 1.82) is 0 Å². The zero-order valence-corrected chi connectivity index (χ0v) is 28.4. The summed E-state index contributed by atoms with van der Waals surface area (Å²) in [6, 6.07) is 14.7. The van der Waals surface area contributed by atoms with Gasteiger partial charge >= 0.3 is 11.8 Å². The van der Waals surface area contributed by atoms with E-state index >= 15 is 0 Å². The first-order valence-corrected chi connectivity index (χ1v) is 17.2. The molecule has 0 unspecified atom stereocenters. The van der Waals surface area contributed by atoms with Gasteiger partial charge in [-0.05, 0) is 61.3 Å². The molecule has 2 aromatic rings. The van der Waals surface area contributed by atoms with E-state index in [1.807, 2.05) is 42.5 Å². The third-order valence-electron chi connectivity index (χ3n) is 9.96. The Morgan fingerprint density at radius 1 is 0.979 bits per heavy atom. The minimum atomic E-state index is -1.11. The highest BCUT2D eigenvalue weighted by Gasteiger charge is 2.44. The molecule has 10 heteroatoms. The highest BCUT2D eigenvalue weighted by atomic mass is 16.5. The van der Waals surface area contributed by atoms with E-state index in [-0.39, 0.29) is 12.5 Å². The number of likely N-dealkylation sites (tertiary alicyclic amines) is 1. The van der Waals surface area contributed by atoms with Crippen LogP contribution in [0.15, 0.2) is 48.5 Å². The lowest BCUT2D eigenvalue weighted by Crippen LogP contribution is -2.52. The number of methoxy groups -OCH3 is 3. The summed E-state index contributed by atoms with van der Waals surface area (Å²) in [5.74, 6) is 0.232. The number of nitrogens with one attached hydrogen (secondary N) is 2. The van der Waals surface area contributed by atoms with Crippen molar-refractivity contribution in [2.24, 2.45) is 11.8 Å². The van der Waals surface area contributed by atoms with E-state index < -0.39 is 29.6 Å². The molecule has 2 amide bonds. The van der Waals surface area contributed by atoms with Gasteiger partial charge in [-0.15, -0.1) is 0 Å². The average Bonchev–Trinajstić information content (AvgIpc) is 3.61. The number of hydrogen-bond donors (Lipinski definition) is 4. The Labute approximate surface area is 280 Å². The summed E-state index contributed by atoms with van der Waals surface area (Å²) in [5.41, 5.74) is 0.657. The fourth-order valence-electron chi connectivity index (χ4n) is 7.23. The molecule has 2 fully saturated rings. The minimum absolute atomic E-state index is 0.202. The van der Waals surface area contributed by atoms with Crippen LogP contribution in [0.4, 0.5) is 0 Å². The average molecular weight is 654 g/mol. The van der Waals surface area contributed by atoms with E-state index in [1.165, 1.54) is 6.42 Å². The van der Waals surface area contributed by atoms with Crippen LogP contribution in [-0.2, 0) is 26.5 Å². The smallest absolute Gasteiger partial charge is 0.311 e. The van der Waals surface area contributed by atoms with Gasteiger partial charge in [-0.2, -0.15) is 0 Å². The lowest BCUT2D eigenvalue weighted by atomic mass is 9.77. The fourth-order valence-corrected chi connectivity index (χ4v) is 7.23. The van der Waals surface area contributed by atoms with Crippen molar-refractivity contribution >= 4 is 11.8 Å². The number of carbonyl (C=O) groups excluding carboxylic acids is 2. The second-order valence-electron chi connectivity index (χ2n) is 13.2. The lowest BCUT2D eigenvalue weighted by molar-refractivity contribution is -0.146. The predicted octanol–water partition coefficient (Wildman–Crippen LogP) is 4.16. The van der Waals surface area contributed by atoms with Gasteiger partial charge in [0.15, 0.2) is 0 Å². The maximum Gasteiger partial charge on any atom is 0.311 e. The molecule has 1 saturated heterocycles. The van der Waals surface area contributed by atoms with Crippen molar-refractivity contribution in [3.05, 3.63) is 59.7 Å². The first-order chi connectivity index (χ1) is 22.8. The van der Waals surface area contributed by atoms with Gasteiger partial charge in [0.25, 0.3) is 0 Å². The Hall–Kier alpha value is -3.18. The van der Waals surface area contributed by atoms with E-state index in [0.29, 0.717) is 62.9 Å². The number of benzene rings is 2. The summed E-state index contributed by atoms with van der Waals surface area (Å²) in [7, 11) is 4.88. The molecule has 47 heavy (non-hydrogen) atoms. The standard InChI is InChI=1S/C37H55N3O7/c1-45-19-11-10-17-37(44,29-14-8-5-9-15-29)30-16-18-40(26-30)36(43)35(42)39-33(22-27-12-6-4-7-13-27)34(41)25-38-24-28-20-31(46-2)23-32(21-28)47-3/h5,8-9,14-15,20-21,23,27,30,33-34,38,41,44H,4,6-7,10-13,16-19,22,24-26H2,1-3H3,(H,39,42)/t30-,33+,34-,37-/m1/s1. The van der Waals surface area contributed by atoms with Crippen molar-refractivity contribution in [3.63, 3.8) is 0 Å². The van der Waals surface area contributed by atoms with E-state index in [4.69, 9.17) is 14.2 Å². The number of unbranched alkanes of at least 4 members (excludes halogenated alkanes) is 1. The molecule has 4 atom stereocenters. The Kier molecular flexibility index (Phi) is 14.3. The largest absolute Gasteiger partial charge is 0.497 e. The number of hydrogen-bond acceptors (Lipinski definition) is 8. The van der Waals surface area contributed by atoms with Gasteiger partial charge < -0.3 is 40.0 Å². The van der Waals surface area contributed by atoms with Crippen LogP contribution in [0.25, 0.3) is 0 Å². The summed E-state index contributed by atoms with van der Waals surface area (Å²) >= 11 is 0. The van der Waals surface area contributed by atoms with E-state index in [1.54, 1.807) is 32.3 Å². The molecule has 0 bridgehead atoms. The van der Waals surface area contributed by atoms with Crippen molar-refractivity contribution in [2.75, 3.05) is 47.6 Å². The second kappa shape index (κ2) is 18.4. The molecular formula is C37H55N3O7. The van der Waals surface area contributed by atoms with Crippen molar-refractivity contribution < 1.29 is 34.0 Å². The van der Waals surface area contributed by atoms with Crippen molar-refractivity contribution in [1.82, 2.24) is 15.5 Å². The highest BCUT2D eigenvalue weighted by molar-refractivity contribution is 6.35. The normalized spacial score (nSPS) is 19.5. The number of aliphatic hydroxyl groups is 2. The van der Waals surface area contributed by atoms with Crippen LogP contribution in [0.3, 0.4) is 0 Å². The van der Waals surface area contributed by atoms with Crippen LogP contribution in [0, 0.1) is 11.8 Å². The molecule has 4 N–H and O–H groups in total. The van der Waals surface area contributed by atoms with Gasteiger partial charge in [-0.3, -0.25) is 9.59 Å². The Balaban J connectivity index is 1.39. The molecule has 260 valence electrons. The molecule has 0 spiro atoms. The monoisotopic (exact) mass is 653 g/mol. The first kappa shape index (κ1) is 36.7. The third-order valence-corrected chi connectivity index (χ3v) is 9.96. The summed E-state index contributed by atoms with van der Waals surface area (Å²) in [6.45, 7) is 2.03. The number of nitrogens with zero attached hydrogens (tertiary/aromatic N) is 1. The van der Waals surface area contributed by atoms with E-state index in [9.17, 15) is 19.8 Å². The summed E-state index contributed by atoms with van der Waals surface area (Å²) < 4.78 is 15.9. The molecule has 4 rings (SSSR count). The van der Waals surface area contributed by atoms with Crippen LogP contribution >= 0.6 is 0 Å². The Bertz CT molecular complexity index is 1230. The molecule has 1 heterocycles. The van der Waals surface area contributed by atoms with Crippen molar-refractivity contribution in [2.45, 2.75) is 88.5 Å². The van der Waals surface area contributed by atoms with Gasteiger partial charge in [0.05, 0.1) is 32.0 Å². The molecule has 10 nitrogen and oxygen atoms in total. The third kappa shape index (κ3) is 10.4. The molecule has 0 radical (unpaired) electrons. The summed E-state index contributed by atoms with van der Waals surface area (Å²) in [5, 5.41) is 29.5. The Morgan fingerprint density at radius 3 is 2.34 bits per heavy atom. The van der Waals surface area contributed by atoms with Crippen LogP contribution in [0.5, 0.6) is 11.5 Å². The number of rotatable bonds is 17. The van der Waals surface area contributed by atoms with Gasteiger partial charge in [-0.25, -0.2) is 0 Å². The molecule has 0 aromatic heterocycles. The topological polar surface area (TPSA) is 130 Å². The number of carbonyl (C=O) groups is 2. The van der Waals surface area contributed by atoms with Crippen LogP contribution in [0.1, 0.15) is 75.3 Å². The van der Waals surface area contributed by atoms with Crippen molar-refractivity contribution in [3.8, 4) is 11.5 Å². The summed E-state index contributed by atoms with van der Waals surface area (Å²) in [4.78, 5) is 28.5. The van der Waals surface area contributed by atoms with Crippen LogP contribution < -0.4 is 20.1 Å². The Morgan fingerprint density at radius 2 is 1.68 bits per heavy atom. The molecule has 2 aliphatic rings.